The summed E-state index contributed by atoms with van der Waals surface area (Å²) in [6, 6.07) is 2.97. The van der Waals surface area contributed by atoms with Crippen LogP contribution >= 0.6 is 15.9 Å². The third kappa shape index (κ3) is 3.13. The van der Waals surface area contributed by atoms with Crippen LogP contribution in [0.1, 0.15) is 23.2 Å². The first kappa shape index (κ1) is 14.4. The van der Waals surface area contributed by atoms with Gasteiger partial charge in [-0.05, 0) is 46.8 Å². The van der Waals surface area contributed by atoms with Crippen LogP contribution in [0.5, 0.6) is 0 Å². The molecule has 1 aromatic rings. The molecule has 0 radical (unpaired) electrons. The Morgan fingerprint density at radius 2 is 2.10 bits per heavy atom. The van der Waals surface area contributed by atoms with Crippen LogP contribution in [0, 0.1) is 16.0 Å². The van der Waals surface area contributed by atoms with Gasteiger partial charge in [-0.2, -0.15) is 0 Å². The third-order valence-electron chi connectivity index (χ3n) is 3.05. The predicted octanol–water partition coefficient (Wildman–Crippen LogP) is 1.95. The Hall–Kier alpha value is -1.96. The average molecular weight is 343 g/mol. The summed E-state index contributed by atoms with van der Waals surface area (Å²) >= 11 is 3.02. The Labute approximate surface area is 122 Å². The topological polar surface area (TPSA) is 110 Å². The number of benzene rings is 1. The zero-order valence-corrected chi connectivity index (χ0v) is 11.8. The number of carboxylic acid groups (broad SMARTS) is 1. The highest BCUT2D eigenvalue weighted by molar-refractivity contribution is 9.10. The molecular weight excluding hydrogens is 332 g/mol. The van der Waals surface area contributed by atoms with E-state index in [0.29, 0.717) is 0 Å². The number of carboxylic acids is 1. The molecule has 1 saturated carbocycles. The first-order chi connectivity index (χ1) is 9.40. The number of carbonyl (C=O) groups excluding carboxylic acids is 1. The second-order valence-electron chi connectivity index (χ2n) is 4.55. The lowest BCUT2D eigenvalue weighted by Gasteiger charge is -2.13. The molecule has 1 aliphatic rings. The molecule has 7 nitrogen and oxygen atoms in total. The Balaban J connectivity index is 2.18. The summed E-state index contributed by atoms with van der Waals surface area (Å²) in [5.41, 5.74) is -0.178. The van der Waals surface area contributed by atoms with Gasteiger partial charge in [0.2, 0.25) is 0 Å². The molecular formula is C12H11BrN2O5. The van der Waals surface area contributed by atoms with Gasteiger partial charge in [0.05, 0.1) is 9.40 Å². The molecule has 20 heavy (non-hydrogen) atoms. The number of aliphatic carboxylic acids is 1. The lowest BCUT2D eigenvalue weighted by atomic mass is 10.1. The first-order valence-electron chi connectivity index (χ1n) is 5.87. The van der Waals surface area contributed by atoms with E-state index in [1.165, 1.54) is 12.1 Å². The molecule has 1 fully saturated rings. The fourth-order valence-corrected chi connectivity index (χ4v) is 2.22. The van der Waals surface area contributed by atoms with Crippen molar-refractivity contribution in [3.63, 3.8) is 0 Å². The molecule has 1 aliphatic carbocycles. The average Bonchev–Trinajstić information content (AvgIpc) is 3.19. The second kappa shape index (κ2) is 5.58. The highest BCUT2D eigenvalue weighted by atomic mass is 79.9. The SMILES string of the molecule is O=C(NC(C(=O)O)C1CC1)c1ccc(Br)c([N+](=O)[O-])c1. The summed E-state index contributed by atoms with van der Waals surface area (Å²) in [5, 5.41) is 22.2. The van der Waals surface area contributed by atoms with Gasteiger partial charge in [-0.15, -0.1) is 0 Å². The van der Waals surface area contributed by atoms with Crippen molar-refractivity contribution in [2.24, 2.45) is 5.92 Å². The van der Waals surface area contributed by atoms with Crippen molar-refractivity contribution < 1.29 is 19.6 Å². The molecule has 106 valence electrons. The second-order valence-corrected chi connectivity index (χ2v) is 5.40. The highest BCUT2D eigenvalue weighted by Gasteiger charge is 2.37. The number of carbonyl (C=O) groups is 2. The Bertz CT molecular complexity index is 585. The number of hydrogen-bond acceptors (Lipinski definition) is 4. The maximum absolute atomic E-state index is 12.0. The van der Waals surface area contributed by atoms with Crippen molar-refractivity contribution in [3.05, 3.63) is 38.3 Å². The van der Waals surface area contributed by atoms with E-state index in [1.54, 1.807) is 0 Å². The van der Waals surface area contributed by atoms with Gasteiger partial charge in [-0.25, -0.2) is 4.79 Å². The van der Waals surface area contributed by atoms with Gasteiger partial charge in [0.25, 0.3) is 11.6 Å². The lowest BCUT2D eigenvalue weighted by Crippen LogP contribution is -2.42. The summed E-state index contributed by atoms with van der Waals surface area (Å²) in [7, 11) is 0. The van der Waals surface area contributed by atoms with Crippen LogP contribution in [-0.4, -0.2) is 27.9 Å². The Kier molecular flexibility index (Phi) is 4.03. The van der Waals surface area contributed by atoms with Crippen molar-refractivity contribution in [2.75, 3.05) is 0 Å². The largest absolute Gasteiger partial charge is 0.480 e. The third-order valence-corrected chi connectivity index (χ3v) is 3.72. The summed E-state index contributed by atoms with van der Waals surface area (Å²) in [6.45, 7) is 0. The predicted molar refractivity (Wildman–Crippen MR) is 72.4 cm³/mol. The van der Waals surface area contributed by atoms with Crippen molar-refractivity contribution in [1.29, 1.82) is 0 Å². The van der Waals surface area contributed by atoms with E-state index in [1.807, 2.05) is 0 Å². The summed E-state index contributed by atoms with van der Waals surface area (Å²) in [5.74, 6) is -1.77. The number of nitrogens with one attached hydrogen (secondary N) is 1. The van der Waals surface area contributed by atoms with E-state index in [0.717, 1.165) is 18.9 Å². The van der Waals surface area contributed by atoms with Gasteiger partial charge in [0.15, 0.2) is 0 Å². The lowest BCUT2D eigenvalue weighted by molar-refractivity contribution is -0.385. The standard InChI is InChI=1S/C12H11BrN2O5/c13-8-4-3-7(5-9(8)15(19)20)11(16)14-10(12(17)18)6-1-2-6/h3-6,10H,1-2H2,(H,14,16)(H,17,18). The number of amides is 1. The highest BCUT2D eigenvalue weighted by Crippen LogP contribution is 2.33. The van der Waals surface area contributed by atoms with Crippen LogP contribution in [0.15, 0.2) is 22.7 Å². The van der Waals surface area contributed by atoms with Crippen molar-refractivity contribution >= 4 is 33.5 Å². The summed E-state index contributed by atoms with van der Waals surface area (Å²) in [6.07, 6.45) is 1.52. The molecule has 0 saturated heterocycles. The van der Waals surface area contributed by atoms with Crippen LogP contribution in [0.3, 0.4) is 0 Å². The van der Waals surface area contributed by atoms with Crippen LogP contribution in [0.4, 0.5) is 5.69 Å². The number of hydrogen-bond donors (Lipinski definition) is 2. The number of nitrogens with zero attached hydrogens (tertiary/aromatic N) is 1. The molecule has 1 amide bonds. The minimum absolute atomic E-state index is 0.0538. The Morgan fingerprint density at radius 1 is 1.45 bits per heavy atom. The van der Waals surface area contributed by atoms with Gasteiger partial charge >= 0.3 is 5.97 Å². The molecule has 8 heteroatoms. The first-order valence-corrected chi connectivity index (χ1v) is 6.67. The fraction of sp³-hybridized carbons (Fsp3) is 0.333. The summed E-state index contributed by atoms with van der Waals surface area (Å²) < 4.78 is 0.260. The molecule has 2 rings (SSSR count). The molecule has 0 heterocycles. The van der Waals surface area contributed by atoms with Crippen LogP contribution in [0.2, 0.25) is 0 Å². The van der Waals surface area contributed by atoms with Crippen molar-refractivity contribution in [2.45, 2.75) is 18.9 Å². The van der Waals surface area contributed by atoms with Gasteiger partial charge in [-0.1, -0.05) is 0 Å². The minimum Gasteiger partial charge on any atom is -0.480 e. The van der Waals surface area contributed by atoms with Gasteiger partial charge in [0.1, 0.15) is 6.04 Å². The fourth-order valence-electron chi connectivity index (χ4n) is 1.83. The van der Waals surface area contributed by atoms with E-state index in [-0.39, 0.29) is 21.6 Å². The quantitative estimate of drug-likeness (QED) is 0.627. The zero-order valence-electron chi connectivity index (χ0n) is 10.2. The van der Waals surface area contributed by atoms with Gasteiger partial charge in [0, 0.05) is 11.6 Å². The minimum atomic E-state index is -1.09. The van der Waals surface area contributed by atoms with Gasteiger partial charge in [-0.3, -0.25) is 14.9 Å². The van der Waals surface area contributed by atoms with Crippen LogP contribution in [0.25, 0.3) is 0 Å². The van der Waals surface area contributed by atoms with Gasteiger partial charge < -0.3 is 10.4 Å². The number of halogens is 1. The summed E-state index contributed by atoms with van der Waals surface area (Å²) in [4.78, 5) is 33.2. The molecule has 1 unspecified atom stereocenters. The van der Waals surface area contributed by atoms with Crippen LogP contribution < -0.4 is 5.32 Å². The molecule has 1 atom stereocenters. The van der Waals surface area contributed by atoms with Crippen molar-refractivity contribution in [1.82, 2.24) is 5.32 Å². The molecule has 1 aromatic carbocycles. The molecule has 0 aromatic heterocycles. The number of nitro benzene ring substituents is 1. The van der Waals surface area contributed by atoms with E-state index in [4.69, 9.17) is 5.11 Å². The molecule has 0 bridgehead atoms. The normalized spacial score (nSPS) is 15.4. The maximum Gasteiger partial charge on any atom is 0.326 e. The number of nitro groups is 1. The molecule has 0 aliphatic heterocycles. The molecule has 2 N–H and O–H groups in total. The smallest absolute Gasteiger partial charge is 0.326 e. The van der Waals surface area contributed by atoms with E-state index < -0.39 is 22.8 Å². The monoisotopic (exact) mass is 342 g/mol. The Morgan fingerprint density at radius 3 is 2.60 bits per heavy atom. The number of rotatable bonds is 5. The maximum atomic E-state index is 12.0. The molecule has 0 spiro atoms. The van der Waals surface area contributed by atoms with Crippen LogP contribution in [-0.2, 0) is 4.79 Å². The van der Waals surface area contributed by atoms with E-state index in [2.05, 4.69) is 21.2 Å². The van der Waals surface area contributed by atoms with Crippen molar-refractivity contribution in [3.8, 4) is 0 Å². The zero-order chi connectivity index (χ0) is 14.9. The van der Waals surface area contributed by atoms with E-state index >= 15 is 0 Å². The van der Waals surface area contributed by atoms with E-state index in [9.17, 15) is 19.7 Å².